The van der Waals surface area contributed by atoms with E-state index >= 15 is 0 Å². The van der Waals surface area contributed by atoms with Crippen LogP contribution in [0, 0.1) is 11.3 Å². The smallest absolute Gasteiger partial charge is 0.0995 e. The maximum Gasteiger partial charge on any atom is 0.0995 e. The molecule has 3 nitrogen and oxygen atoms in total. The minimum atomic E-state index is 0.232. The number of hydrogen-bond donors (Lipinski definition) is 0. The summed E-state index contributed by atoms with van der Waals surface area (Å²) >= 11 is 0. The van der Waals surface area contributed by atoms with Crippen LogP contribution in [0.4, 0.5) is 0 Å². The van der Waals surface area contributed by atoms with Gasteiger partial charge in [0, 0.05) is 0 Å². The van der Waals surface area contributed by atoms with E-state index in [-0.39, 0.29) is 18.3 Å². The van der Waals surface area contributed by atoms with Crippen molar-refractivity contribution in [2.24, 2.45) is 0 Å². The summed E-state index contributed by atoms with van der Waals surface area (Å²) < 4.78 is 11.6. The van der Waals surface area contributed by atoms with Crippen molar-refractivity contribution in [3.8, 4) is 6.07 Å². The van der Waals surface area contributed by atoms with E-state index in [4.69, 9.17) is 14.7 Å². The Kier molecular flexibility index (Phi) is 4.35. The zero-order valence-electron chi connectivity index (χ0n) is 10.9. The van der Waals surface area contributed by atoms with E-state index in [1.165, 1.54) is 0 Å². The van der Waals surface area contributed by atoms with E-state index in [2.05, 4.69) is 19.9 Å². The Bertz CT molecular complexity index is 428. The molecule has 0 radical (unpaired) electrons. The summed E-state index contributed by atoms with van der Waals surface area (Å²) in [6.45, 7) is 4.67. The number of rotatable bonds is 3. The predicted molar refractivity (Wildman–Crippen MR) is 69.0 cm³/mol. The van der Waals surface area contributed by atoms with E-state index in [0.29, 0.717) is 12.2 Å². The molecule has 0 aliphatic carbocycles. The lowest BCUT2D eigenvalue weighted by Crippen LogP contribution is -2.34. The molecule has 1 aliphatic heterocycles. The zero-order valence-corrected chi connectivity index (χ0v) is 10.9. The fourth-order valence-corrected chi connectivity index (χ4v) is 2.44. The van der Waals surface area contributed by atoms with Crippen LogP contribution in [0.5, 0.6) is 0 Å². The second-order valence-corrected chi connectivity index (χ2v) is 4.93. The Morgan fingerprint density at radius 1 is 1.28 bits per heavy atom. The minimum absolute atomic E-state index is 0.232. The van der Waals surface area contributed by atoms with Crippen LogP contribution in [-0.2, 0) is 16.1 Å². The summed E-state index contributed by atoms with van der Waals surface area (Å²) in [5.74, 6) is 0. The van der Waals surface area contributed by atoms with Crippen molar-refractivity contribution >= 4 is 0 Å². The number of nitrogens with zero attached hydrogens (tertiary/aromatic N) is 1. The van der Waals surface area contributed by atoms with Crippen LogP contribution >= 0.6 is 0 Å². The molecule has 2 atom stereocenters. The monoisotopic (exact) mass is 245 g/mol. The summed E-state index contributed by atoms with van der Waals surface area (Å²) in [7, 11) is 0. The molecule has 0 bridgehead atoms. The van der Waals surface area contributed by atoms with Crippen molar-refractivity contribution in [3.63, 3.8) is 0 Å². The van der Waals surface area contributed by atoms with Gasteiger partial charge in [-0.3, -0.25) is 0 Å². The van der Waals surface area contributed by atoms with Crippen molar-refractivity contribution in [1.29, 1.82) is 5.26 Å². The number of nitriles is 1. The van der Waals surface area contributed by atoms with Gasteiger partial charge in [-0.1, -0.05) is 18.2 Å². The second kappa shape index (κ2) is 5.99. The van der Waals surface area contributed by atoms with Crippen LogP contribution in [0.25, 0.3) is 0 Å². The number of ether oxygens (including phenoxy) is 2. The quantitative estimate of drug-likeness (QED) is 0.822. The highest BCUT2D eigenvalue weighted by Crippen LogP contribution is 2.23. The van der Waals surface area contributed by atoms with Gasteiger partial charge in [-0.15, -0.1) is 0 Å². The van der Waals surface area contributed by atoms with Crippen molar-refractivity contribution in [2.45, 2.75) is 51.6 Å². The molecule has 1 aromatic carbocycles. The third-order valence-corrected chi connectivity index (χ3v) is 3.27. The third kappa shape index (κ3) is 3.32. The van der Waals surface area contributed by atoms with Gasteiger partial charge < -0.3 is 9.47 Å². The van der Waals surface area contributed by atoms with Gasteiger partial charge in [-0.05, 0) is 38.3 Å². The number of hydrogen-bond acceptors (Lipinski definition) is 3. The van der Waals surface area contributed by atoms with Crippen LogP contribution in [0.15, 0.2) is 24.3 Å². The van der Waals surface area contributed by atoms with E-state index in [1.807, 2.05) is 24.3 Å². The Labute approximate surface area is 108 Å². The normalized spacial score (nSPS) is 27.7. The molecule has 3 heteroatoms. The van der Waals surface area contributed by atoms with Gasteiger partial charge in [0.2, 0.25) is 0 Å². The van der Waals surface area contributed by atoms with Crippen LogP contribution in [0.3, 0.4) is 0 Å². The second-order valence-electron chi connectivity index (χ2n) is 4.93. The van der Waals surface area contributed by atoms with Crippen LogP contribution in [0.2, 0.25) is 0 Å². The maximum absolute atomic E-state index is 9.01. The first-order valence-electron chi connectivity index (χ1n) is 6.44. The lowest BCUT2D eigenvalue weighted by Gasteiger charge is -2.32. The molecule has 0 spiro atoms. The van der Waals surface area contributed by atoms with Gasteiger partial charge >= 0.3 is 0 Å². The lowest BCUT2D eigenvalue weighted by atomic mass is 10.0. The van der Waals surface area contributed by atoms with Gasteiger partial charge in [0.25, 0.3) is 0 Å². The highest BCUT2D eigenvalue weighted by molar-refractivity contribution is 5.36. The van der Waals surface area contributed by atoms with Crippen LogP contribution in [0.1, 0.15) is 37.8 Å². The largest absolute Gasteiger partial charge is 0.375 e. The SMILES string of the molecule is CC1CC(OCc2ccccc2C#N)CC(C)O1. The summed E-state index contributed by atoms with van der Waals surface area (Å²) in [5.41, 5.74) is 1.66. The van der Waals surface area contributed by atoms with Gasteiger partial charge in [0.05, 0.1) is 36.6 Å². The Morgan fingerprint density at radius 3 is 2.61 bits per heavy atom. The van der Waals surface area contributed by atoms with Crippen LogP contribution in [-0.4, -0.2) is 18.3 Å². The first-order valence-corrected chi connectivity index (χ1v) is 6.44. The molecule has 1 aromatic rings. The molecule has 0 aromatic heterocycles. The fraction of sp³-hybridized carbons (Fsp3) is 0.533. The van der Waals surface area contributed by atoms with Crippen molar-refractivity contribution in [3.05, 3.63) is 35.4 Å². The zero-order chi connectivity index (χ0) is 13.0. The van der Waals surface area contributed by atoms with E-state index in [9.17, 15) is 0 Å². The molecule has 1 heterocycles. The highest BCUT2D eigenvalue weighted by atomic mass is 16.5. The van der Waals surface area contributed by atoms with Gasteiger partial charge in [-0.25, -0.2) is 0 Å². The fourth-order valence-electron chi connectivity index (χ4n) is 2.44. The number of benzene rings is 1. The summed E-state index contributed by atoms with van der Waals surface area (Å²) in [4.78, 5) is 0. The van der Waals surface area contributed by atoms with E-state index in [0.717, 1.165) is 18.4 Å². The topological polar surface area (TPSA) is 42.2 Å². The molecule has 1 fully saturated rings. The molecule has 1 aliphatic rings. The molecule has 0 amide bonds. The molecule has 0 N–H and O–H groups in total. The first-order chi connectivity index (χ1) is 8.69. The Balaban J connectivity index is 1.93. The van der Waals surface area contributed by atoms with Gasteiger partial charge in [0.15, 0.2) is 0 Å². The molecule has 2 unspecified atom stereocenters. The maximum atomic E-state index is 9.01. The third-order valence-electron chi connectivity index (χ3n) is 3.27. The molecule has 1 saturated heterocycles. The Hall–Kier alpha value is -1.37. The average Bonchev–Trinajstić information content (AvgIpc) is 2.35. The summed E-state index contributed by atoms with van der Waals surface area (Å²) in [6.07, 6.45) is 2.60. The molecular weight excluding hydrogens is 226 g/mol. The predicted octanol–water partition coefficient (Wildman–Crippen LogP) is 3.03. The molecule has 2 rings (SSSR count). The van der Waals surface area contributed by atoms with Crippen LogP contribution < -0.4 is 0 Å². The standard InChI is InChI=1S/C15H19NO2/c1-11-7-15(8-12(2)18-11)17-10-14-6-4-3-5-13(14)9-16/h3-6,11-12,15H,7-8,10H2,1-2H3. The first kappa shape index (κ1) is 13.1. The molecule has 0 saturated carbocycles. The highest BCUT2D eigenvalue weighted by Gasteiger charge is 2.24. The molecule has 18 heavy (non-hydrogen) atoms. The summed E-state index contributed by atoms with van der Waals surface area (Å²) in [6, 6.07) is 9.79. The summed E-state index contributed by atoms with van der Waals surface area (Å²) in [5, 5.41) is 9.01. The lowest BCUT2D eigenvalue weighted by molar-refractivity contribution is -0.106. The average molecular weight is 245 g/mol. The van der Waals surface area contributed by atoms with Crippen molar-refractivity contribution < 1.29 is 9.47 Å². The van der Waals surface area contributed by atoms with Crippen molar-refractivity contribution in [1.82, 2.24) is 0 Å². The minimum Gasteiger partial charge on any atom is -0.375 e. The molecular formula is C15H19NO2. The van der Waals surface area contributed by atoms with E-state index in [1.54, 1.807) is 0 Å². The van der Waals surface area contributed by atoms with Gasteiger partial charge in [-0.2, -0.15) is 5.26 Å². The van der Waals surface area contributed by atoms with Gasteiger partial charge in [0.1, 0.15) is 0 Å². The van der Waals surface area contributed by atoms with E-state index < -0.39 is 0 Å². The Morgan fingerprint density at radius 2 is 1.94 bits per heavy atom. The molecule has 96 valence electrons. The van der Waals surface area contributed by atoms with Crippen molar-refractivity contribution in [2.75, 3.05) is 0 Å².